The van der Waals surface area contributed by atoms with Crippen molar-refractivity contribution in [1.82, 2.24) is 10.2 Å². The van der Waals surface area contributed by atoms with Gasteiger partial charge in [0.1, 0.15) is 17.4 Å². The summed E-state index contributed by atoms with van der Waals surface area (Å²) in [6.45, 7) is 0. The van der Waals surface area contributed by atoms with Crippen LogP contribution in [0.25, 0.3) is 17.3 Å². The smallest absolute Gasteiger partial charge is 0.348 e. The molecule has 1 heterocycles. The molecule has 0 aliphatic rings. The third-order valence-corrected chi connectivity index (χ3v) is 2.87. The van der Waals surface area contributed by atoms with Gasteiger partial charge in [0, 0.05) is 11.1 Å². The molecule has 0 radical (unpaired) electrons. The maximum atomic E-state index is 11.4. The summed E-state index contributed by atoms with van der Waals surface area (Å²) in [5.41, 5.74) is 2.10. The van der Waals surface area contributed by atoms with E-state index in [0.717, 1.165) is 11.3 Å². The molecule has 0 amide bonds. The Kier molecular flexibility index (Phi) is 4.36. The largest absolute Gasteiger partial charge is 0.497 e. The van der Waals surface area contributed by atoms with Gasteiger partial charge in [0.2, 0.25) is 0 Å². The fraction of sp³-hybridized carbons (Fsp3) is 0.133. The van der Waals surface area contributed by atoms with E-state index in [1.54, 1.807) is 13.3 Å². The van der Waals surface area contributed by atoms with Crippen molar-refractivity contribution in [2.24, 2.45) is 0 Å². The molecule has 21 heavy (non-hydrogen) atoms. The first-order valence-corrected chi connectivity index (χ1v) is 6.07. The molecule has 1 N–H and O–H groups in total. The molecule has 0 aliphatic heterocycles. The number of H-pyrrole nitrogens is 1. The monoisotopic (exact) mass is 283 g/mol. The van der Waals surface area contributed by atoms with Crippen LogP contribution < -0.4 is 4.74 Å². The number of methoxy groups -OCH3 is 2. The third kappa shape index (κ3) is 3.09. The second-order valence-electron chi connectivity index (χ2n) is 4.09. The zero-order chi connectivity index (χ0) is 15.2. The molecule has 1 aromatic carbocycles. The highest BCUT2D eigenvalue weighted by atomic mass is 16.5. The first-order valence-electron chi connectivity index (χ1n) is 6.07. The number of rotatable bonds is 4. The molecule has 2 rings (SSSR count). The van der Waals surface area contributed by atoms with Gasteiger partial charge in [0.15, 0.2) is 0 Å². The van der Waals surface area contributed by atoms with E-state index in [4.69, 9.17) is 10.00 Å². The number of nitriles is 1. The molecule has 0 atom stereocenters. The van der Waals surface area contributed by atoms with Gasteiger partial charge < -0.3 is 9.47 Å². The van der Waals surface area contributed by atoms with Gasteiger partial charge in [-0.15, -0.1) is 0 Å². The van der Waals surface area contributed by atoms with Crippen LogP contribution in [0.15, 0.2) is 36.0 Å². The number of carbonyl (C=O) groups is 1. The van der Waals surface area contributed by atoms with Crippen LogP contribution in [-0.2, 0) is 9.53 Å². The zero-order valence-corrected chi connectivity index (χ0v) is 11.6. The van der Waals surface area contributed by atoms with E-state index < -0.39 is 5.97 Å². The lowest BCUT2D eigenvalue weighted by Gasteiger charge is -2.03. The van der Waals surface area contributed by atoms with Crippen molar-refractivity contribution in [3.63, 3.8) is 0 Å². The minimum Gasteiger partial charge on any atom is -0.497 e. The third-order valence-electron chi connectivity index (χ3n) is 2.87. The Morgan fingerprint density at radius 1 is 1.33 bits per heavy atom. The normalized spacial score (nSPS) is 10.8. The number of nitrogens with one attached hydrogen (secondary N) is 1. The summed E-state index contributed by atoms with van der Waals surface area (Å²) in [5.74, 6) is 0.0574. The molecule has 1 aromatic heterocycles. The van der Waals surface area contributed by atoms with Crippen LogP contribution in [-0.4, -0.2) is 30.4 Å². The highest BCUT2D eigenvalue weighted by molar-refractivity contribution is 5.98. The lowest BCUT2D eigenvalue weighted by Crippen LogP contribution is -2.02. The number of hydrogen-bond donors (Lipinski definition) is 1. The van der Waals surface area contributed by atoms with Gasteiger partial charge in [-0.25, -0.2) is 4.79 Å². The predicted molar refractivity (Wildman–Crippen MR) is 76.2 cm³/mol. The maximum Gasteiger partial charge on any atom is 0.348 e. The highest BCUT2D eigenvalue weighted by Crippen LogP contribution is 2.25. The highest BCUT2D eigenvalue weighted by Gasteiger charge is 2.12. The van der Waals surface area contributed by atoms with Gasteiger partial charge in [0.25, 0.3) is 0 Å². The van der Waals surface area contributed by atoms with Gasteiger partial charge in [-0.05, 0) is 30.3 Å². The number of aromatic nitrogens is 2. The molecular weight excluding hydrogens is 270 g/mol. The topological polar surface area (TPSA) is 88.0 Å². The summed E-state index contributed by atoms with van der Waals surface area (Å²) in [6.07, 6.45) is 2.98. The summed E-state index contributed by atoms with van der Waals surface area (Å²) < 4.78 is 9.65. The van der Waals surface area contributed by atoms with Crippen molar-refractivity contribution in [2.45, 2.75) is 0 Å². The fourth-order valence-corrected chi connectivity index (χ4v) is 1.80. The molecule has 0 unspecified atom stereocenters. The van der Waals surface area contributed by atoms with E-state index in [1.165, 1.54) is 13.2 Å². The predicted octanol–water partition coefficient (Wildman–Crippen LogP) is 2.17. The van der Waals surface area contributed by atoms with E-state index >= 15 is 0 Å². The summed E-state index contributed by atoms with van der Waals surface area (Å²) in [7, 11) is 2.82. The molecule has 0 saturated heterocycles. The van der Waals surface area contributed by atoms with E-state index in [9.17, 15) is 4.79 Å². The number of hydrogen-bond acceptors (Lipinski definition) is 5. The van der Waals surface area contributed by atoms with Crippen molar-refractivity contribution in [3.8, 4) is 23.1 Å². The van der Waals surface area contributed by atoms with E-state index in [0.29, 0.717) is 11.3 Å². The SMILES string of the molecule is COC(=O)/C(C#N)=C\c1cn[nH]c1-c1ccc(OC)cc1. The van der Waals surface area contributed by atoms with Crippen LogP contribution in [0.5, 0.6) is 5.75 Å². The second kappa shape index (κ2) is 6.39. The summed E-state index contributed by atoms with van der Waals surface area (Å²) in [6, 6.07) is 9.15. The fourth-order valence-electron chi connectivity index (χ4n) is 1.80. The Balaban J connectivity index is 2.40. The lowest BCUT2D eigenvalue weighted by atomic mass is 10.1. The molecule has 0 bridgehead atoms. The van der Waals surface area contributed by atoms with Crippen LogP contribution in [0.1, 0.15) is 5.56 Å². The van der Waals surface area contributed by atoms with Crippen molar-refractivity contribution in [1.29, 1.82) is 5.26 Å². The first-order chi connectivity index (χ1) is 10.2. The molecule has 0 saturated carbocycles. The van der Waals surface area contributed by atoms with E-state index in [-0.39, 0.29) is 5.57 Å². The first kappa shape index (κ1) is 14.3. The number of ether oxygens (including phenoxy) is 2. The van der Waals surface area contributed by atoms with Crippen LogP contribution >= 0.6 is 0 Å². The van der Waals surface area contributed by atoms with Crippen molar-refractivity contribution >= 4 is 12.0 Å². The number of aromatic amines is 1. The second-order valence-corrected chi connectivity index (χ2v) is 4.09. The van der Waals surface area contributed by atoms with E-state index in [1.807, 2.05) is 30.3 Å². The van der Waals surface area contributed by atoms with Crippen molar-refractivity contribution < 1.29 is 14.3 Å². The number of nitrogens with zero attached hydrogens (tertiary/aromatic N) is 2. The molecule has 106 valence electrons. The molecule has 0 fully saturated rings. The molecule has 0 spiro atoms. The summed E-state index contributed by atoms with van der Waals surface area (Å²) >= 11 is 0. The minimum absolute atomic E-state index is 0.0892. The van der Waals surface area contributed by atoms with Gasteiger partial charge in [-0.3, -0.25) is 5.10 Å². The number of carbonyl (C=O) groups excluding carboxylic acids is 1. The van der Waals surface area contributed by atoms with Crippen LogP contribution in [0.3, 0.4) is 0 Å². The van der Waals surface area contributed by atoms with Crippen molar-refractivity contribution in [3.05, 3.63) is 41.6 Å². The molecule has 6 heteroatoms. The van der Waals surface area contributed by atoms with Gasteiger partial charge in [-0.1, -0.05) is 0 Å². The van der Waals surface area contributed by atoms with Crippen molar-refractivity contribution in [2.75, 3.05) is 14.2 Å². The van der Waals surface area contributed by atoms with Gasteiger partial charge in [0.05, 0.1) is 26.1 Å². The molecule has 2 aromatic rings. The Morgan fingerprint density at radius 3 is 2.62 bits per heavy atom. The quantitative estimate of drug-likeness (QED) is 0.527. The minimum atomic E-state index is -0.681. The maximum absolute atomic E-state index is 11.4. The average molecular weight is 283 g/mol. The number of benzene rings is 1. The molecular formula is C15H13N3O3. The zero-order valence-electron chi connectivity index (χ0n) is 11.6. The summed E-state index contributed by atoms with van der Waals surface area (Å²) in [5, 5.41) is 15.8. The Morgan fingerprint density at radius 2 is 2.05 bits per heavy atom. The van der Waals surface area contributed by atoms with E-state index in [2.05, 4.69) is 14.9 Å². The molecule has 6 nitrogen and oxygen atoms in total. The average Bonchev–Trinajstić information content (AvgIpc) is 3.00. The van der Waals surface area contributed by atoms with Gasteiger partial charge in [-0.2, -0.15) is 10.4 Å². The van der Waals surface area contributed by atoms with Crippen LogP contribution in [0.4, 0.5) is 0 Å². The van der Waals surface area contributed by atoms with Crippen LogP contribution in [0, 0.1) is 11.3 Å². The summed E-state index contributed by atoms with van der Waals surface area (Å²) in [4.78, 5) is 11.4. The molecule has 0 aliphatic carbocycles. The van der Waals surface area contributed by atoms with Gasteiger partial charge >= 0.3 is 5.97 Å². The lowest BCUT2D eigenvalue weighted by molar-refractivity contribution is -0.135. The Labute approximate surface area is 121 Å². The Bertz CT molecular complexity index is 709. The standard InChI is InChI=1S/C15H13N3O3/c1-20-13-5-3-10(4-6-13)14-12(9-17-18-14)7-11(8-16)15(19)21-2/h3-7,9H,1-2H3,(H,17,18)/b11-7-. The number of esters is 1. The Hall–Kier alpha value is -3.07. The van der Waals surface area contributed by atoms with Crippen LogP contribution in [0.2, 0.25) is 0 Å².